The molecule has 12 atom stereocenters. The van der Waals surface area contributed by atoms with Crippen molar-refractivity contribution in [3.05, 3.63) is 74.7 Å². The Labute approximate surface area is 549 Å². The fourth-order valence-electron chi connectivity index (χ4n) is 11.6. The van der Waals surface area contributed by atoms with Gasteiger partial charge in [0, 0.05) is 65.5 Å². The van der Waals surface area contributed by atoms with Gasteiger partial charge in [-0.15, -0.1) is 0 Å². The van der Waals surface area contributed by atoms with Crippen molar-refractivity contribution in [3.63, 3.8) is 0 Å². The van der Waals surface area contributed by atoms with Crippen LogP contribution in [-0.2, 0) is 64.0 Å². The minimum absolute atomic E-state index is 0.0482. The van der Waals surface area contributed by atoms with Gasteiger partial charge in [0.1, 0.15) is 39.7 Å². The molecule has 0 saturated carbocycles. The lowest BCUT2D eigenvalue weighted by Crippen LogP contribution is -2.60. The Balaban J connectivity index is 1.31. The molecule has 10 amide bonds. The van der Waals surface area contributed by atoms with E-state index in [-0.39, 0.29) is 82.5 Å². The fraction of sp³-hybridized carbons (Fsp3) is 0.636. The Kier molecular flexibility index (Phi) is 30.6. The van der Waals surface area contributed by atoms with Crippen molar-refractivity contribution in [2.24, 2.45) is 29.6 Å². The molecule has 0 aliphatic carbocycles. The average molecular weight is 1390 g/mol. The first-order valence-corrected chi connectivity index (χ1v) is 33.1. The van der Waals surface area contributed by atoms with Crippen LogP contribution in [0.5, 0.6) is 0 Å². The van der Waals surface area contributed by atoms with Crippen molar-refractivity contribution in [2.45, 2.75) is 201 Å². The monoisotopic (exact) mass is 1380 g/mol. The van der Waals surface area contributed by atoms with Gasteiger partial charge in [0.05, 0.1) is 36.6 Å². The largest absolute Gasteiger partial charge is 0.445 e. The van der Waals surface area contributed by atoms with Crippen molar-refractivity contribution in [1.82, 2.24) is 40.9 Å². The third kappa shape index (κ3) is 20.6. The number of nitrogens with zero attached hydrogens (tertiary/aromatic N) is 4. The number of likely N-dealkylation sites (tertiary alicyclic amines) is 1. The molecule has 0 unspecified atom stereocenters. The highest BCUT2D eigenvalue weighted by atomic mass is 79.9. The Morgan fingerprint density at radius 3 is 1.84 bits per heavy atom. The van der Waals surface area contributed by atoms with Crippen LogP contribution in [0.4, 0.5) is 10.5 Å². The lowest BCUT2D eigenvalue weighted by molar-refractivity contribution is -0.148. The minimum atomic E-state index is -1.05. The van der Waals surface area contributed by atoms with Gasteiger partial charge < -0.3 is 50.6 Å². The van der Waals surface area contributed by atoms with Crippen molar-refractivity contribution in [2.75, 3.05) is 46.7 Å². The third-order valence-electron chi connectivity index (χ3n) is 17.5. The number of carbonyl (C=O) groups excluding carboxylic acids is 10. The first-order valence-electron chi connectivity index (χ1n) is 31.5. The van der Waals surface area contributed by atoms with E-state index in [4.69, 9.17) is 14.2 Å². The summed E-state index contributed by atoms with van der Waals surface area (Å²) in [5.74, 6) is -5.30. The minimum Gasteiger partial charge on any atom is -0.445 e. The normalized spacial score (nSPS) is 18.0. The molecule has 5 N–H and O–H groups in total. The van der Waals surface area contributed by atoms with Gasteiger partial charge >= 0.3 is 6.09 Å². The van der Waals surface area contributed by atoms with Gasteiger partial charge in [-0.05, 0) is 118 Å². The zero-order valence-electron chi connectivity index (χ0n) is 55.5. The SMILES string of the molecule is CC[C@@H](C)[C@@H]([C@@H](CC(=O)N1CCC[C@H]1[C@H](OC)[C@@H](C)C(=O)N[C@@H](C)[C@H](C)c1ccccc1)OC)N(C)C(=O)[C@@H](NC(=O)[C@H](C(C)C)N(C)C(=O)OCc1ccc(NC(=O)[C@@H](C)NC(=O)[C@H](NC(=O)CCCCCN2C(=O)C(Br)=C(Br)C2=O)C(C)C)cc1)C(C)C. The number of rotatable bonds is 34. The molecule has 1 saturated heterocycles. The van der Waals surface area contributed by atoms with E-state index in [1.807, 2.05) is 71.9 Å². The van der Waals surface area contributed by atoms with Crippen LogP contribution < -0.4 is 26.6 Å². The van der Waals surface area contributed by atoms with E-state index in [2.05, 4.69) is 65.4 Å². The molecule has 2 aromatic rings. The van der Waals surface area contributed by atoms with Crippen LogP contribution >= 0.6 is 31.9 Å². The van der Waals surface area contributed by atoms with E-state index in [0.29, 0.717) is 49.9 Å². The number of imide groups is 1. The summed E-state index contributed by atoms with van der Waals surface area (Å²) in [6, 6.07) is 11.4. The molecule has 0 radical (unpaired) electrons. The maximum absolute atomic E-state index is 14.8. The second-order valence-corrected chi connectivity index (χ2v) is 26.7. The fourth-order valence-corrected chi connectivity index (χ4v) is 12.4. The van der Waals surface area contributed by atoms with Crippen LogP contribution in [-0.4, -0.2) is 175 Å². The molecule has 2 aromatic carbocycles. The number of nitrogens with one attached hydrogen (secondary N) is 5. The van der Waals surface area contributed by atoms with Crippen LogP contribution in [0.3, 0.4) is 0 Å². The summed E-state index contributed by atoms with van der Waals surface area (Å²) in [4.78, 5) is 141. The standard InChI is InChI=1S/C66H99Br2N9O13/c1-17-40(8)57(49(88-15)35-51(79)76-34-24-27-48(76)58(89-16)42(10)59(80)69-43(11)41(9)46-25-20-18-21-26-46)74(13)65(86)55(38(4)5)73-62(83)56(39(6)7)75(14)66(87)90-36-45-29-31-47(32-30-45)71-60(81)44(12)70-61(82)54(37(2)3)72-50(78)28-22-19-23-33-77-63(84)52(67)53(68)64(77)85/h18,20-21,25-26,29-32,37-44,48-49,54-58H,17,19,22-24,27-28,33-36H2,1-16H3,(H,69,80)(H,70,82)(H,71,81)(H,72,78)(H,73,83)/t40-,41+,42-,43+,44-,48+,49-,54-,55+,56+,57+,58-/m1/s1. The number of methoxy groups -OCH3 is 2. The summed E-state index contributed by atoms with van der Waals surface area (Å²) in [6.07, 6.45) is 1.51. The zero-order chi connectivity index (χ0) is 67.4. The molecule has 22 nitrogen and oxygen atoms in total. The number of halogens is 2. The van der Waals surface area contributed by atoms with E-state index in [0.717, 1.165) is 16.9 Å². The maximum Gasteiger partial charge on any atom is 0.410 e. The summed E-state index contributed by atoms with van der Waals surface area (Å²) in [7, 11) is 6.21. The van der Waals surface area contributed by atoms with Gasteiger partial charge in [0.2, 0.25) is 41.4 Å². The van der Waals surface area contributed by atoms with Crippen molar-refractivity contribution in [1.29, 1.82) is 0 Å². The van der Waals surface area contributed by atoms with Crippen LogP contribution in [0.15, 0.2) is 63.6 Å². The Hall–Kier alpha value is -6.24. The molecule has 2 aliphatic rings. The Bertz CT molecular complexity index is 2800. The molecule has 1 fully saturated rings. The van der Waals surface area contributed by atoms with E-state index in [9.17, 15) is 47.9 Å². The van der Waals surface area contributed by atoms with Crippen LogP contribution in [0, 0.1) is 29.6 Å². The molecule has 0 bridgehead atoms. The van der Waals surface area contributed by atoms with E-state index < -0.39 is 102 Å². The number of hydrogen-bond donors (Lipinski definition) is 5. The molecule has 90 heavy (non-hydrogen) atoms. The number of amides is 10. The summed E-state index contributed by atoms with van der Waals surface area (Å²) in [6.45, 7) is 22.7. The van der Waals surface area contributed by atoms with Gasteiger partial charge in [-0.25, -0.2) is 4.79 Å². The molecule has 4 rings (SSSR count). The molecule has 0 aromatic heterocycles. The quantitative estimate of drug-likeness (QED) is 0.0327. The lowest BCUT2D eigenvalue weighted by Gasteiger charge is -2.41. The van der Waals surface area contributed by atoms with Gasteiger partial charge in [0.15, 0.2) is 0 Å². The number of likely N-dealkylation sites (N-methyl/N-ethyl adjacent to an activating group) is 2. The molecule has 24 heteroatoms. The number of ether oxygens (including phenoxy) is 3. The van der Waals surface area contributed by atoms with E-state index in [1.165, 1.54) is 26.0 Å². The smallest absolute Gasteiger partial charge is 0.410 e. The number of carbonyl (C=O) groups is 10. The van der Waals surface area contributed by atoms with Gasteiger partial charge in [0.25, 0.3) is 11.8 Å². The summed E-state index contributed by atoms with van der Waals surface area (Å²) < 4.78 is 18.2. The van der Waals surface area contributed by atoms with Crippen LogP contribution in [0.1, 0.15) is 151 Å². The van der Waals surface area contributed by atoms with Crippen molar-refractivity contribution >= 4 is 96.8 Å². The molecular weight excluding hydrogens is 1290 g/mol. The summed E-state index contributed by atoms with van der Waals surface area (Å²) >= 11 is 6.21. The van der Waals surface area contributed by atoms with Crippen LogP contribution in [0.25, 0.3) is 0 Å². The molecule has 0 spiro atoms. The first kappa shape index (κ1) is 76.2. The number of benzene rings is 2. The first-order chi connectivity index (χ1) is 42.4. The highest BCUT2D eigenvalue weighted by Gasteiger charge is 2.44. The number of hydrogen-bond acceptors (Lipinski definition) is 13. The predicted octanol–water partition coefficient (Wildman–Crippen LogP) is 8.16. The van der Waals surface area contributed by atoms with Crippen molar-refractivity contribution < 1.29 is 62.2 Å². The highest BCUT2D eigenvalue weighted by Crippen LogP contribution is 2.32. The van der Waals surface area contributed by atoms with Crippen molar-refractivity contribution in [3.8, 4) is 0 Å². The second-order valence-electron chi connectivity index (χ2n) is 25.1. The summed E-state index contributed by atoms with van der Waals surface area (Å²) in [5, 5.41) is 14.3. The maximum atomic E-state index is 14.8. The van der Waals surface area contributed by atoms with E-state index >= 15 is 0 Å². The third-order valence-corrected chi connectivity index (χ3v) is 19.5. The van der Waals surface area contributed by atoms with Crippen LogP contribution in [0.2, 0.25) is 0 Å². The predicted molar refractivity (Wildman–Crippen MR) is 351 cm³/mol. The Morgan fingerprint density at radius 2 is 1.29 bits per heavy atom. The van der Waals surface area contributed by atoms with Gasteiger partial charge in [-0.1, -0.05) is 125 Å². The van der Waals surface area contributed by atoms with Gasteiger partial charge in [-0.3, -0.25) is 53.0 Å². The number of unbranched alkanes of at least 4 members (excludes halogenated alkanes) is 2. The topological polar surface area (TPSA) is 272 Å². The number of anilines is 1. The van der Waals surface area contributed by atoms with Gasteiger partial charge in [-0.2, -0.15) is 0 Å². The summed E-state index contributed by atoms with van der Waals surface area (Å²) in [5.41, 5.74) is 2.08. The molecule has 2 heterocycles. The molecular formula is C66H99Br2N9O13. The lowest BCUT2D eigenvalue weighted by atomic mass is 9.89. The molecule has 2 aliphatic heterocycles. The van der Waals surface area contributed by atoms with E-state index in [1.54, 1.807) is 75.9 Å². The highest BCUT2D eigenvalue weighted by molar-refractivity contribution is 9.14. The zero-order valence-corrected chi connectivity index (χ0v) is 58.7. The average Bonchev–Trinajstić information content (AvgIpc) is 1.62. The Morgan fingerprint density at radius 1 is 0.678 bits per heavy atom. The molecule has 500 valence electrons. The second kappa shape index (κ2) is 36.1.